The van der Waals surface area contributed by atoms with E-state index in [4.69, 9.17) is 0 Å². The average molecular weight is 226 g/mol. The van der Waals surface area contributed by atoms with Crippen molar-refractivity contribution in [1.82, 2.24) is 9.59 Å². The summed E-state index contributed by atoms with van der Waals surface area (Å²) >= 11 is 0.868. The van der Waals surface area contributed by atoms with Crippen LogP contribution in [0.4, 0.5) is 8.78 Å². The Morgan fingerprint density at radius 3 is 2.73 bits per heavy atom. The van der Waals surface area contributed by atoms with Crippen LogP contribution in [0.25, 0.3) is 0 Å². The standard InChI is InChI=1S/C9H4F2N2OS/c10-5-1-2-6(7(11)3-5)9(14)8-4-12-13-15-8/h1-4H. The minimum absolute atomic E-state index is 0.178. The predicted molar refractivity (Wildman–Crippen MR) is 49.7 cm³/mol. The van der Waals surface area contributed by atoms with Crippen molar-refractivity contribution >= 4 is 17.3 Å². The van der Waals surface area contributed by atoms with Crippen LogP contribution >= 0.6 is 11.5 Å². The molecule has 1 aromatic carbocycles. The van der Waals surface area contributed by atoms with E-state index in [9.17, 15) is 13.6 Å². The second kappa shape index (κ2) is 3.82. The van der Waals surface area contributed by atoms with Crippen LogP contribution < -0.4 is 0 Å². The van der Waals surface area contributed by atoms with Crippen LogP contribution in [0.5, 0.6) is 0 Å². The highest BCUT2D eigenvalue weighted by Crippen LogP contribution is 2.15. The molecule has 0 radical (unpaired) electrons. The van der Waals surface area contributed by atoms with Crippen LogP contribution in [0.2, 0.25) is 0 Å². The number of halogens is 2. The van der Waals surface area contributed by atoms with E-state index in [1.165, 1.54) is 6.20 Å². The zero-order valence-corrected chi connectivity index (χ0v) is 8.09. The van der Waals surface area contributed by atoms with Crippen molar-refractivity contribution in [1.29, 1.82) is 0 Å². The molecule has 0 aliphatic rings. The molecule has 1 aromatic heterocycles. The van der Waals surface area contributed by atoms with E-state index in [2.05, 4.69) is 9.59 Å². The Morgan fingerprint density at radius 2 is 2.13 bits per heavy atom. The Kier molecular flexibility index (Phi) is 2.51. The van der Waals surface area contributed by atoms with Gasteiger partial charge in [-0.3, -0.25) is 4.79 Å². The minimum atomic E-state index is -0.881. The van der Waals surface area contributed by atoms with E-state index in [1.807, 2.05) is 0 Å². The smallest absolute Gasteiger partial charge is 0.209 e. The van der Waals surface area contributed by atoms with Gasteiger partial charge in [0.1, 0.15) is 16.5 Å². The van der Waals surface area contributed by atoms with Crippen molar-refractivity contribution in [3.05, 3.63) is 46.5 Å². The first kappa shape index (κ1) is 9.85. The minimum Gasteiger partial charge on any atom is -0.287 e. The molecule has 0 aliphatic carbocycles. The number of carbonyl (C=O) groups is 1. The van der Waals surface area contributed by atoms with Gasteiger partial charge in [-0.25, -0.2) is 8.78 Å². The second-order valence-electron chi connectivity index (χ2n) is 2.74. The molecule has 0 N–H and O–H groups in total. The van der Waals surface area contributed by atoms with Gasteiger partial charge in [-0.15, -0.1) is 5.10 Å². The largest absolute Gasteiger partial charge is 0.287 e. The van der Waals surface area contributed by atoms with E-state index in [0.717, 1.165) is 23.7 Å². The van der Waals surface area contributed by atoms with E-state index < -0.39 is 17.4 Å². The molecule has 76 valence electrons. The molecular weight excluding hydrogens is 222 g/mol. The molecule has 0 saturated heterocycles. The van der Waals surface area contributed by atoms with Gasteiger partial charge in [0.15, 0.2) is 0 Å². The number of benzene rings is 1. The number of aromatic nitrogens is 2. The molecule has 0 amide bonds. The van der Waals surface area contributed by atoms with Crippen LogP contribution in [0.3, 0.4) is 0 Å². The Labute approximate surface area is 87.5 Å². The highest BCUT2D eigenvalue weighted by atomic mass is 32.1. The van der Waals surface area contributed by atoms with Gasteiger partial charge >= 0.3 is 0 Å². The molecule has 6 heteroatoms. The van der Waals surface area contributed by atoms with E-state index in [1.54, 1.807) is 0 Å². The number of rotatable bonds is 2. The summed E-state index contributed by atoms with van der Waals surface area (Å²) in [5, 5.41) is 3.47. The summed E-state index contributed by atoms with van der Waals surface area (Å²) in [5.74, 6) is -2.14. The second-order valence-corrected chi connectivity index (χ2v) is 3.52. The fourth-order valence-electron chi connectivity index (χ4n) is 1.07. The summed E-state index contributed by atoms with van der Waals surface area (Å²) in [4.78, 5) is 11.8. The first-order valence-electron chi connectivity index (χ1n) is 3.95. The van der Waals surface area contributed by atoms with Crippen molar-refractivity contribution < 1.29 is 13.6 Å². The zero-order chi connectivity index (χ0) is 10.8. The summed E-state index contributed by atoms with van der Waals surface area (Å²) in [5.41, 5.74) is -0.178. The molecule has 3 nitrogen and oxygen atoms in total. The van der Waals surface area contributed by atoms with Crippen LogP contribution in [-0.2, 0) is 0 Å². The molecule has 0 spiro atoms. The summed E-state index contributed by atoms with van der Waals surface area (Å²) in [7, 11) is 0. The third-order valence-corrected chi connectivity index (χ3v) is 2.42. The summed E-state index contributed by atoms with van der Waals surface area (Å²) in [6.45, 7) is 0. The van der Waals surface area contributed by atoms with Crippen molar-refractivity contribution in [2.45, 2.75) is 0 Å². The third-order valence-electron chi connectivity index (χ3n) is 1.76. The van der Waals surface area contributed by atoms with Gasteiger partial charge in [0, 0.05) is 6.07 Å². The molecule has 0 unspecified atom stereocenters. The predicted octanol–water partition coefficient (Wildman–Crippen LogP) is 2.05. The molecule has 2 rings (SSSR count). The van der Waals surface area contributed by atoms with Crippen LogP contribution in [-0.4, -0.2) is 15.4 Å². The molecule has 1 heterocycles. The number of hydrogen-bond acceptors (Lipinski definition) is 4. The number of ketones is 1. The Hall–Kier alpha value is -1.69. The van der Waals surface area contributed by atoms with Crippen molar-refractivity contribution in [2.75, 3.05) is 0 Å². The van der Waals surface area contributed by atoms with E-state index in [0.29, 0.717) is 6.07 Å². The van der Waals surface area contributed by atoms with Gasteiger partial charge in [-0.05, 0) is 23.7 Å². The van der Waals surface area contributed by atoms with Crippen LogP contribution in [0.1, 0.15) is 15.2 Å². The highest BCUT2D eigenvalue weighted by Gasteiger charge is 2.16. The molecular formula is C9H4F2N2OS. The van der Waals surface area contributed by atoms with Gasteiger partial charge < -0.3 is 0 Å². The van der Waals surface area contributed by atoms with Crippen molar-refractivity contribution in [2.24, 2.45) is 0 Å². The van der Waals surface area contributed by atoms with Gasteiger partial charge in [-0.1, -0.05) is 4.49 Å². The maximum absolute atomic E-state index is 13.2. The lowest BCUT2D eigenvalue weighted by molar-refractivity contribution is 0.103. The van der Waals surface area contributed by atoms with Crippen molar-refractivity contribution in [3.63, 3.8) is 0 Å². The lowest BCUT2D eigenvalue weighted by Crippen LogP contribution is -2.02. The molecule has 2 aromatic rings. The molecule has 0 fully saturated rings. The summed E-state index contributed by atoms with van der Waals surface area (Å²) in [6.07, 6.45) is 1.25. The number of carbonyl (C=O) groups excluding carboxylic acids is 1. The average Bonchev–Trinajstić information content (AvgIpc) is 2.69. The molecule has 0 aliphatic heterocycles. The lowest BCUT2D eigenvalue weighted by Gasteiger charge is -1.98. The third kappa shape index (κ3) is 1.89. The lowest BCUT2D eigenvalue weighted by atomic mass is 10.1. The summed E-state index contributed by atoms with van der Waals surface area (Å²) < 4.78 is 29.3. The first-order chi connectivity index (χ1) is 7.18. The molecule has 0 saturated carbocycles. The van der Waals surface area contributed by atoms with Crippen molar-refractivity contribution in [3.8, 4) is 0 Å². The highest BCUT2D eigenvalue weighted by molar-refractivity contribution is 7.08. The van der Waals surface area contributed by atoms with Gasteiger partial charge in [0.05, 0.1) is 11.8 Å². The first-order valence-corrected chi connectivity index (χ1v) is 4.73. The maximum Gasteiger partial charge on any atom is 0.209 e. The zero-order valence-electron chi connectivity index (χ0n) is 7.28. The quantitative estimate of drug-likeness (QED) is 0.736. The van der Waals surface area contributed by atoms with E-state index >= 15 is 0 Å². The number of hydrogen-bond donors (Lipinski definition) is 0. The van der Waals surface area contributed by atoms with E-state index in [-0.39, 0.29) is 10.4 Å². The normalized spacial score (nSPS) is 10.3. The van der Waals surface area contributed by atoms with Crippen LogP contribution in [0, 0.1) is 11.6 Å². The Bertz CT molecular complexity index is 499. The Balaban J connectivity index is 2.42. The monoisotopic (exact) mass is 226 g/mol. The SMILES string of the molecule is O=C(c1cnns1)c1ccc(F)cc1F. The van der Waals surface area contributed by atoms with Gasteiger partial charge in [-0.2, -0.15) is 0 Å². The molecule has 15 heavy (non-hydrogen) atoms. The molecule has 0 bridgehead atoms. The number of nitrogens with zero attached hydrogens (tertiary/aromatic N) is 2. The maximum atomic E-state index is 13.2. The molecule has 0 atom stereocenters. The van der Waals surface area contributed by atoms with Gasteiger partial charge in [0.2, 0.25) is 5.78 Å². The topological polar surface area (TPSA) is 42.9 Å². The van der Waals surface area contributed by atoms with Crippen LogP contribution in [0.15, 0.2) is 24.4 Å². The summed E-state index contributed by atoms with van der Waals surface area (Å²) in [6, 6.07) is 2.80. The fraction of sp³-hybridized carbons (Fsp3) is 0. The van der Waals surface area contributed by atoms with Gasteiger partial charge in [0.25, 0.3) is 0 Å². The fourth-order valence-corrected chi connectivity index (χ4v) is 1.54. The Morgan fingerprint density at radius 1 is 1.33 bits per heavy atom.